The van der Waals surface area contributed by atoms with Gasteiger partial charge in [0, 0.05) is 42.1 Å². The van der Waals surface area contributed by atoms with E-state index in [-0.39, 0.29) is 11.5 Å². The van der Waals surface area contributed by atoms with Crippen molar-refractivity contribution < 1.29 is 4.79 Å². The number of nitrogens with one attached hydrogen (secondary N) is 3. The van der Waals surface area contributed by atoms with Crippen LogP contribution in [-0.2, 0) is 17.3 Å². The van der Waals surface area contributed by atoms with E-state index in [1.54, 1.807) is 6.07 Å². The number of unbranched alkanes of at least 4 members (excludes halogenated alkanes) is 1. The van der Waals surface area contributed by atoms with Gasteiger partial charge in [0.25, 0.3) is 5.56 Å². The predicted octanol–water partition coefficient (Wildman–Crippen LogP) is 5.54. The smallest absolute Gasteiger partial charge is 0.252 e. The van der Waals surface area contributed by atoms with Gasteiger partial charge >= 0.3 is 0 Å². The fourth-order valence-electron chi connectivity index (χ4n) is 4.07. The average Bonchev–Trinajstić information content (AvgIpc) is 3.27. The lowest BCUT2D eigenvalue weighted by atomic mass is 9.76. The molecule has 1 aromatic carbocycles. The third-order valence-corrected chi connectivity index (χ3v) is 6.12. The van der Waals surface area contributed by atoms with E-state index in [0.717, 1.165) is 35.1 Å². The Morgan fingerprint density at radius 3 is 2.40 bits per heavy atom. The average molecular weight is 481 g/mol. The van der Waals surface area contributed by atoms with E-state index in [1.807, 2.05) is 59.3 Å². The largest absolute Gasteiger partial charge is 0.355 e. The standard InChI is InChI=1S/C20H21N3O2.C5H13N.C2H6.C2H4/c1-20(9-3-10-21-19(20)25)15-6-7-16(22-18(15)24)14-5-4-13-8-11-23(2)17(13)12-14;1-3-4-5-6-2;2*1-2/h4-8,11-12H,3,9-10H2,1-2H3,(H,21,25)(H,22,24);6H,3-5H2,1-2H3;1-2H3;1-2H2/t20-;;;/m1.../s1. The fourth-order valence-corrected chi connectivity index (χ4v) is 4.07. The molecule has 1 aliphatic rings. The topological polar surface area (TPSA) is 78.9 Å². The zero-order chi connectivity index (χ0) is 26.4. The monoisotopic (exact) mass is 480 g/mol. The first-order valence-corrected chi connectivity index (χ1v) is 12.6. The van der Waals surface area contributed by atoms with Gasteiger partial charge in [-0.25, -0.2) is 0 Å². The van der Waals surface area contributed by atoms with Gasteiger partial charge in [-0.05, 0) is 63.4 Å². The van der Waals surface area contributed by atoms with Gasteiger partial charge in [-0.2, -0.15) is 0 Å². The van der Waals surface area contributed by atoms with Crippen LogP contribution in [0.15, 0.2) is 60.5 Å². The summed E-state index contributed by atoms with van der Waals surface area (Å²) in [4.78, 5) is 28.0. The second-order valence-electron chi connectivity index (χ2n) is 8.46. The number of carbonyl (C=O) groups is 1. The Bertz CT molecular complexity index is 1110. The molecule has 1 saturated heterocycles. The lowest BCUT2D eigenvalue weighted by Crippen LogP contribution is -2.49. The maximum atomic E-state index is 12.7. The van der Waals surface area contributed by atoms with Gasteiger partial charge in [0.2, 0.25) is 5.91 Å². The number of aromatic nitrogens is 2. The minimum absolute atomic E-state index is 0.0674. The van der Waals surface area contributed by atoms with E-state index in [9.17, 15) is 9.59 Å². The highest BCUT2D eigenvalue weighted by Crippen LogP contribution is 2.30. The van der Waals surface area contributed by atoms with Crippen molar-refractivity contribution in [2.24, 2.45) is 7.05 Å². The van der Waals surface area contributed by atoms with Gasteiger partial charge in [0.1, 0.15) is 0 Å². The quantitative estimate of drug-likeness (QED) is 0.332. The van der Waals surface area contributed by atoms with Crippen LogP contribution in [0.3, 0.4) is 0 Å². The number of hydrogen-bond donors (Lipinski definition) is 3. The summed E-state index contributed by atoms with van der Waals surface area (Å²) in [5.41, 5.74) is 2.42. The summed E-state index contributed by atoms with van der Waals surface area (Å²) in [6, 6.07) is 11.9. The first-order valence-electron chi connectivity index (χ1n) is 12.6. The molecule has 1 aliphatic heterocycles. The third-order valence-electron chi connectivity index (χ3n) is 6.12. The van der Waals surface area contributed by atoms with Crippen molar-refractivity contribution in [2.75, 3.05) is 20.1 Å². The summed E-state index contributed by atoms with van der Waals surface area (Å²) in [6.07, 6.45) is 6.18. The van der Waals surface area contributed by atoms with Crippen LogP contribution in [0.2, 0.25) is 0 Å². The number of aromatic amines is 1. The Morgan fingerprint density at radius 1 is 1.11 bits per heavy atom. The Hall–Kier alpha value is -3.12. The molecule has 1 fully saturated rings. The molecule has 4 rings (SSSR count). The molecule has 192 valence electrons. The first-order chi connectivity index (χ1) is 16.9. The molecule has 3 heterocycles. The number of amides is 1. The Morgan fingerprint density at radius 2 is 1.83 bits per heavy atom. The first kappa shape index (κ1) is 29.9. The maximum absolute atomic E-state index is 12.7. The summed E-state index contributed by atoms with van der Waals surface area (Å²) in [6.45, 7) is 15.9. The van der Waals surface area contributed by atoms with Gasteiger partial charge in [-0.15, -0.1) is 13.2 Å². The molecule has 6 nitrogen and oxygen atoms in total. The molecular formula is C29H44N4O2. The molecule has 1 amide bonds. The number of benzene rings is 1. The second-order valence-corrected chi connectivity index (χ2v) is 8.46. The third kappa shape index (κ3) is 7.43. The molecule has 1 atom stereocenters. The van der Waals surface area contributed by atoms with Crippen LogP contribution in [0.1, 0.15) is 58.9 Å². The number of aryl methyl sites for hydroxylation is 1. The molecule has 3 aromatic rings. The number of hydrogen-bond acceptors (Lipinski definition) is 3. The number of fused-ring (bicyclic) bond motifs is 1. The summed E-state index contributed by atoms with van der Waals surface area (Å²) >= 11 is 0. The molecule has 0 spiro atoms. The molecule has 3 N–H and O–H groups in total. The highest BCUT2D eigenvalue weighted by Gasteiger charge is 2.39. The number of pyridine rings is 1. The number of carbonyl (C=O) groups excluding carboxylic acids is 1. The SMILES string of the molecule is C=C.CC.CCCCNC.Cn1ccc2ccc(-c3ccc([C@@]4(C)CCCNC4=O)c(=O)[nH]3)cc21. The minimum Gasteiger partial charge on any atom is -0.355 e. The van der Waals surface area contributed by atoms with Crippen molar-refractivity contribution in [3.63, 3.8) is 0 Å². The van der Waals surface area contributed by atoms with E-state index >= 15 is 0 Å². The lowest BCUT2D eigenvalue weighted by Gasteiger charge is -2.32. The highest BCUT2D eigenvalue weighted by atomic mass is 16.2. The molecule has 0 aliphatic carbocycles. The summed E-state index contributed by atoms with van der Waals surface area (Å²) in [5, 5.41) is 7.11. The van der Waals surface area contributed by atoms with E-state index in [4.69, 9.17) is 0 Å². The summed E-state index contributed by atoms with van der Waals surface area (Å²) in [7, 11) is 3.98. The van der Waals surface area contributed by atoms with Gasteiger partial charge in [0.15, 0.2) is 0 Å². The number of piperidine rings is 1. The molecule has 35 heavy (non-hydrogen) atoms. The number of rotatable bonds is 5. The highest BCUT2D eigenvalue weighted by molar-refractivity contribution is 5.88. The molecule has 0 unspecified atom stereocenters. The Kier molecular flexibility index (Phi) is 12.8. The van der Waals surface area contributed by atoms with Gasteiger partial charge in [-0.3, -0.25) is 9.59 Å². The zero-order valence-corrected chi connectivity index (χ0v) is 22.5. The Balaban J connectivity index is 0.000000531. The predicted molar refractivity (Wildman–Crippen MR) is 150 cm³/mol. The molecule has 2 aromatic heterocycles. The van der Waals surface area contributed by atoms with Crippen LogP contribution in [-0.4, -0.2) is 35.6 Å². The van der Waals surface area contributed by atoms with Gasteiger partial charge < -0.3 is 20.2 Å². The summed E-state index contributed by atoms with van der Waals surface area (Å²) < 4.78 is 2.05. The van der Waals surface area contributed by atoms with Crippen molar-refractivity contribution in [3.05, 3.63) is 71.7 Å². The van der Waals surface area contributed by atoms with Crippen LogP contribution < -0.4 is 16.2 Å². The number of nitrogens with zero attached hydrogens (tertiary/aromatic N) is 1. The van der Waals surface area contributed by atoms with Crippen molar-refractivity contribution >= 4 is 16.8 Å². The number of H-pyrrole nitrogens is 1. The second kappa shape index (κ2) is 15.0. The molecule has 6 heteroatoms. The molecule has 0 radical (unpaired) electrons. The van der Waals surface area contributed by atoms with E-state index < -0.39 is 5.41 Å². The summed E-state index contributed by atoms with van der Waals surface area (Å²) in [5.74, 6) is -0.0674. The minimum atomic E-state index is -0.758. The van der Waals surface area contributed by atoms with Gasteiger partial charge in [0.05, 0.1) is 5.41 Å². The van der Waals surface area contributed by atoms with Crippen molar-refractivity contribution in [3.8, 4) is 11.3 Å². The van der Waals surface area contributed by atoms with Gasteiger partial charge in [-0.1, -0.05) is 45.4 Å². The maximum Gasteiger partial charge on any atom is 0.252 e. The van der Waals surface area contributed by atoms with E-state index in [0.29, 0.717) is 18.5 Å². The lowest BCUT2D eigenvalue weighted by molar-refractivity contribution is -0.128. The van der Waals surface area contributed by atoms with Crippen LogP contribution in [0.25, 0.3) is 22.2 Å². The molecule has 0 bridgehead atoms. The molecule has 0 saturated carbocycles. The van der Waals surface area contributed by atoms with Crippen LogP contribution in [0.4, 0.5) is 0 Å². The van der Waals surface area contributed by atoms with Crippen LogP contribution >= 0.6 is 0 Å². The van der Waals surface area contributed by atoms with Crippen molar-refractivity contribution in [1.82, 2.24) is 20.2 Å². The van der Waals surface area contributed by atoms with Crippen molar-refractivity contribution in [1.29, 1.82) is 0 Å². The van der Waals surface area contributed by atoms with Crippen LogP contribution in [0, 0.1) is 0 Å². The molecular weight excluding hydrogens is 436 g/mol. The Labute approximate surface area is 210 Å². The fraction of sp³-hybridized carbons (Fsp3) is 0.448. The zero-order valence-electron chi connectivity index (χ0n) is 22.5. The van der Waals surface area contributed by atoms with Crippen molar-refractivity contribution in [2.45, 2.75) is 58.8 Å². The van der Waals surface area contributed by atoms with E-state index in [2.05, 4.69) is 52.4 Å². The van der Waals surface area contributed by atoms with Crippen LogP contribution in [0.5, 0.6) is 0 Å². The van der Waals surface area contributed by atoms with E-state index in [1.165, 1.54) is 12.8 Å². The normalized spacial score (nSPS) is 16.6.